The van der Waals surface area contributed by atoms with Gasteiger partial charge in [-0.15, -0.1) is 11.3 Å². The summed E-state index contributed by atoms with van der Waals surface area (Å²) in [5.74, 6) is 3.09. The molecule has 4 rings (SSSR count). The molecule has 0 fully saturated rings. The van der Waals surface area contributed by atoms with E-state index in [1.807, 2.05) is 34.3 Å². The fourth-order valence-corrected chi connectivity index (χ4v) is 3.53. The van der Waals surface area contributed by atoms with Gasteiger partial charge in [0.15, 0.2) is 17.3 Å². The van der Waals surface area contributed by atoms with Crippen LogP contribution in [0.5, 0.6) is 17.2 Å². The van der Waals surface area contributed by atoms with Crippen molar-refractivity contribution in [2.45, 2.75) is 0 Å². The van der Waals surface area contributed by atoms with Crippen LogP contribution in [0.2, 0.25) is 0 Å². The lowest BCUT2D eigenvalue weighted by atomic mass is 10.2. The maximum absolute atomic E-state index is 5.41. The SMILES string of the molecule is COc1cc(-n2cnc(Nc3ncnc4ccsc34)c2)cc(OC)c1OC. The van der Waals surface area contributed by atoms with Gasteiger partial charge in [-0.1, -0.05) is 0 Å². The number of imidazole rings is 1. The van der Waals surface area contributed by atoms with Crippen molar-refractivity contribution in [2.24, 2.45) is 0 Å². The second-order valence-corrected chi connectivity index (χ2v) is 6.45. The van der Waals surface area contributed by atoms with Crippen LogP contribution in [-0.4, -0.2) is 40.8 Å². The topological polar surface area (TPSA) is 83.3 Å². The van der Waals surface area contributed by atoms with Crippen LogP contribution < -0.4 is 19.5 Å². The van der Waals surface area contributed by atoms with Crippen LogP contribution in [0.3, 0.4) is 0 Å². The molecule has 0 aliphatic carbocycles. The van der Waals surface area contributed by atoms with E-state index in [4.69, 9.17) is 14.2 Å². The molecule has 0 spiro atoms. The molecule has 9 heteroatoms. The highest BCUT2D eigenvalue weighted by molar-refractivity contribution is 7.17. The Morgan fingerprint density at radius 3 is 2.48 bits per heavy atom. The van der Waals surface area contributed by atoms with Crippen LogP contribution in [0.25, 0.3) is 15.9 Å². The molecule has 4 aromatic rings. The van der Waals surface area contributed by atoms with E-state index in [1.54, 1.807) is 39.0 Å². The molecule has 3 heterocycles. The standard InChI is InChI=1S/C18H17N5O3S/c1-24-13-6-11(7-14(25-2)16(13)26-3)23-8-15(21-10-23)22-18-17-12(4-5-27-17)19-9-20-18/h4-10H,1-3H3,(H,19,20,22). The fraction of sp³-hybridized carbons (Fsp3) is 0.167. The Morgan fingerprint density at radius 2 is 1.78 bits per heavy atom. The molecule has 0 bridgehead atoms. The van der Waals surface area contributed by atoms with Crippen LogP contribution in [0.1, 0.15) is 0 Å². The van der Waals surface area contributed by atoms with Crippen LogP contribution in [-0.2, 0) is 0 Å². The number of nitrogens with zero attached hydrogens (tertiary/aromatic N) is 4. The number of hydrogen-bond donors (Lipinski definition) is 1. The highest BCUT2D eigenvalue weighted by Gasteiger charge is 2.15. The second-order valence-electron chi connectivity index (χ2n) is 5.53. The molecular weight excluding hydrogens is 366 g/mol. The maximum Gasteiger partial charge on any atom is 0.203 e. The number of fused-ring (bicyclic) bond motifs is 1. The molecule has 3 aromatic heterocycles. The zero-order valence-electron chi connectivity index (χ0n) is 15.0. The summed E-state index contributed by atoms with van der Waals surface area (Å²) in [5.41, 5.74) is 1.73. The molecule has 0 aliphatic rings. The van der Waals surface area contributed by atoms with Gasteiger partial charge in [0, 0.05) is 12.1 Å². The number of anilines is 2. The third kappa shape index (κ3) is 3.13. The average Bonchev–Trinajstić information content (AvgIpc) is 3.36. The first-order valence-corrected chi connectivity index (χ1v) is 8.91. The summed E-state index contributed by atoms with van der Waals surface area (Å²) in [6.07, 6.45) is 5.10. The van der Waals surface area contributed by atoms with Gasteiger partial charge in [-0.3, -0.25) is 0 Å². The zero-order chi connectivity index (χ0) is 18.8. The summed E-state index contributed by atoms with van der Waals surface area (Å²) in [6, 6.07) is 5.67. The minimum Gasteiger partial charge on any atom is -0.493 e. The van der Waals surface area contributed by atoms with Gasteiger partial charge in [0.2, 0.25) is 5.75 Å². The number of aromatic nitrogens is 4. The van der Waals surface area contributed by atoms with E-state index in [0.29, 0.717) is 23.1 Å². The normalized spacial score (nSPS) is 10.8. The molecule has 0 aliphatic heterocycles. The van der Waals surface area contributed by atoms with E-state index in [9.17, 15) is 0 Å². The van der Waals surface area contributed by atoms with E-state index < -0.39 is 0 Å². The second kappa shape index (κ2) is 7.12. The van der Waals surface area contributed by atoms with Gasteiger partial charge in [0.05, 0.1) is 43.4 Å². The van der Waals surface area contributed by atoms with Crippen molar-refractivity contribution in [2.75, 3.05) is 26.6 Å². The van der Waals surface area contributed by atoms with Crippen LogP contribution in [0.15, 0.2) is 42.4 Å². The summed E-state index contributed by atoms with van der Waals surface area (Å²) in [4.78, 5) is 13.0. The minimum atomic E-state index is 0.545. The van der Waals surface area contributed by atoms with Gasteiger partial charge in [-0.05, 0) is 11.4 Å². The number of benzene rings is 1. The van der Waals surface area contributed by atoms with Gasteiger partial charge in [-0.2, -0.15) is 0 Å². The van der Waals surface area contributed by atoms with Crippen molar-refractivity contribution in [1.29, 1.82) is 0 Å². The van der Waals surface area contributed by atoms with Crippen LogP contribution >= 0.6 is 11.3 Å². The maximum atomic E-state index is 5.41. The van der Waals surface area contributed by atoms with E-state index in [2.05, 4.69) is 20.3 Å². The van der Waals surface area contributed by atoms with Gasteiger partial charge in [-0.25, -0.2) is 15.0 Å². The Hall–Kier alpha value is -3.33. The lowest BCUT2D eigenvalue weighted by Crippen LogP contribution is -1.98. The van der Waals surface area contributed by atoms with Crippen molar-refractivity contribution in [3.05, 3.63) is 42.4 Å². The van der Waals surface area contributed by atoms with Gasteiger partial charge in [0.1, 0.15) is 18.5 Å². The molecule has 138 valence electrons. The molecule has 0 amide bonds. The summed E-state index contributed by atoms with van der Waals surface area (Å²) >= 11 is 1.58. The number of rotatable bonds is 6. The van der Waals surface area contributed by atoms with E-state index >= 15 is 0 Å². The Bertz CT molecular complexity index is 1070. The average molecular weight is 383 g/mol. The Kier molecular flexibility index (Phi) is 4.51. The Morgan fingerprint density at radius 1 is 1.00 bits per heavy atom. The zero-order valence-corrected chi connectivity index (χ0v) is 15.8. The molecule has 27 heavy (non-hydrogen) atoms. The molecule has 0 atom stereocenters. The first-order chi connectivity index (χ1) is 13.2. The molecular formula is C18H17N5O3S. The summed E-state index contributed by atoms with van der Waals surface area (Å²) in [6.45, 7) is 0. The first kappa shape index (κ1) is 17.1. The summed E-state index contributed by atoms with van der Waals surface area (Å²) < 4.78 is 19.0. The van der Waals surface area contributed by atoms with Gasteiger partial charge >= 0.3 is 0 Å². The molecule has 1 aromatic carbocycles. The first-order valence-electron chi connectivity index (χ1n) is 8.03. The van der Waals surface area contributed by atoms with E-state index in [-0.39, 0.29) is 0 Å². The van der Waals surface area contributed by atoms with Crippen molar-refractivity contribution in [1.82, 2.24) is 19.5 Å². The van der Waals surface area contributed by atoms with Crippen molar-refractivity contribution < 1.29 is 14.2 Å². The number of ether oxygens (including phenoxy) is 3. The van der Waals surface area contributed by atoms with Crippen molar-refractivity contribution in [3.63, 3.8) is 0 Å². The number of nitrogens with one attached hydrogen (secondary N) is 1. The monoisotopic (exact) mass is 383 g/mol. The van der Waals surface area contributed by atoms with Crippen LogP contribution in [0.4, 0.5) is 11.6 Å². The highest BCUT2D eigenvalue weighted by Crippen LogP contribution is 2.39. The highest BCUT2D eigenvalue weighted by atomic mass is 32.1. The predicted octanol–water partition coefficient (Wildman–Crippen LogP) is 3.65. The predicted molar refractivity (Wildman–Crippen MR) is 104 cm³/mol. The molecule has 0 radical (unpaired) electrons. The summed E-state index contributed by atoms with van der Waals surface area (Å²) in [5, 5.41) is 5.23. The Balaban J connectivity index is 1.67. The largest absolute Gasteiger partial charge is 0.493 e. The lowest BCUT2D eigenvalue weighted by Gasteiger charge is -2.14. The van der Waals surface area contributed by atoms with Gasteiger partial charge < -0.3 is 24.1 Å². The smallest absolute Gasteiger partial charge is 0.203 e. The number of hydrogen-bond acceptors (Lipinski definition) is 8. The van der Waals surface area contributed by atoms with E-state index in [0.717, 1.165) is 21.7 Å². The molecule has 0 unspecified atom stereocenters. The molecule has 0 saturated heterocycles. The summed E-state index contributed by atoms with van der Waals surface area (Å²) in [7, 11) is 4.75. The quantitative estimate of drug-likeness (QED) is 0.544. The van der Waals surface area contributed by atoms with Crippen LogP contribution in [0, 0.1) is 0 Å². The number of methoxy groups -OCH3 is 3. The minimum absolute atomic E-state index is 0.545. The van der Waals surface area contributed by atoms with E-state index in [1.165, 1.54) is 6.33 Å². The van der Waals surface area contributed by atoms with Crippen molar-refractivity contribution in [3.8, 4) is 22.9 Å². The fourth-order valence-electron chi connectivity index (χ4n) is 2.74. The van der Waals surface area contributed by atoms with Crippen molar-refractivity contribution >= 4 is 33.2 Å². The third-order valence-electron chi connectivity index (χ3n) is 4.02. The molecule has 8 nitrogen and oxygen atoms in total. The molecule has 1 N–H and O–H groups in total. The lowest BCUT2D eigenvalue weighted by molar-refractivity contribution is 0.324. The third-order valence-corrected chi connectivity index (χ3v) is 4.93. The Labute approximate surface area is 159 Å². The molecule has 0 saturated carbocycles. The number of thiophene rings is 1. The van der Waals surface area contributed by atoms with Gasteiger partial charge in [0.25, 0.3) is 0 Å².